The van der Waals surface area contributed by atoms with E-state index in [1.165, 1.54) is 29.0 Å². The third-order valence-electron chi connectivity index (χ3n) is 3.68. The summed E-state index contributed by atoms with van der Waals surface area (Å²) in [7, 11) is 0. The monoisotopic (exact) mass is 345 g/mol. The first kappa shape index (κ1) is 16.5. The predicted octanol–water partition coefficient (Wildman–Crippen LogP) is 3.04. The molecule has 0 aliphatic carbocycles. The fraction of sp³-hybridized carbons (Fsp3) is 0.118. The number of alkyl halides is 3. The standard InChI is InChI=1S/C17H10F3N3O2/c18-17(19,20)12-3-1-10(2-4-12)9-23-15(25)6-14(24)13-5-11(7-21)8-22-16(13)23/h1-6,8,24H,9H2. The molecule has 0 radical (unpaired) electrons. The number of fused-ring (bicyclic) bond motifs is 1. The van der Waals surface area contributed by atoms with Crippen LogP contribution in [0.25, 0.3) is 11.0 Å². The van der Waals surface area contributed by atoms with Crippen LogP contribution < -0.4 is 5.56 Å². The van der Waals surface area contributed by atoms with Gasteiger partial charge in [0, 0.05) is 12.3 Å². The molecule has 2 heterocycles. The van der Waals surface area contributed by atoms with Crippen LogP contribution >= 0.6 is 0 Å². The molecule has 0 aliphatic rings. The molecule has 0 fully saturated rings. The number of nitriles is 1. The Morgan fingerprint density at radius 3 is 2.48 bits per heavy atom. The number of hydrogen-bond donors (Lipinski definition) is 1. The number of nitrogens with zero attached hydrogens (tertiary/aromatic N) is 3. The smallest absolute Gasteiger partial charge is 0.416 e. The summed E-state index contributed by atoms with van der Waals surface area (Å²) in [5.41, 5.74) is -0.516. The van der Waals surface area contributed by atoms with E-state index in [0.29, 0.717) is 5.56 Å². The number of rotatable bonds is 2. The molecule has 0 unspecified atom stereocenters. The first-order valence-electron chi connectivity index (χ1n) is 7.08. The van der Waals surface area contributed by atoms with Crippen molar-refractivity contribution in [2.24, 2.45) is 0 Å². The van der Waals surface area contributed by atoms with Crippen LogP contribution in [-0.4, -0.2) is 14.7 Å². The van der Waals surface area contributed by atoms with Crippen molar-refractivity contribution in [1.29, 1.82) is 5.26 Å². The van der Waals surface area contributed by atoms with E-state index in [-0.39, 0.29) is 28.9 Å². The Morgan fingerprint density at radius 1 is 1.20 bits per heavy atom. The van der Waals surface area contributed by atoms with E-state index in [1.54, 1.807) is 0 Å². The van der Waals surface area contributed by atoms with Crippen molar-refractivity contribution >= 4 is 11.0 Å². The first-order valence-corrected chi connectivity index (χ1v) is 7.08. The zero-order valence-electron chi connectivity index (χ0n) is 12.6. The molecule has 0 saturated heterocycles. The second-order valence-electron chi connectivity index (χ2n) is 5.36. The normalized spacial score (nSPS) is 11.4. The highest BCUT2D eigenvalue weighted by Crippen LogP contribution is 2.29. The lowest BCUT2D eigenvalue weighted by Gasteiger charge is -2.12. The van der Waals surface area contributed by atoms with Gasteiger partial charge in [0.2, 0.25) is 0 Å². The minimum absolute atomic E-state index is 0.0212. The van der Waals surface area contributed by atoms with Gasteiger partial charge in [0.25, 0.3) is 5.56 Å². The second kappa shape index (κ2) is 5.94. The molecule has 8 heteroatoms. The summed E-state index contributed by atoms with van der Waals surface area (Å²) in [4.78, 5) is 16.2. The van der Waals surface area contributed by atoms with Crippen molar-refractivity contribution in [3.8, 4) is 11.8 Å². The first-order chi connectivity index (χ1) is 11.8. The van der Waals surface area contributed by atoms with Gasteiger partial charge in [0.15, 0.2) is 0 Å². The van der Waals surface area contributed by atoms with E-state index in [2.05, 4.69) is 4.98 Å². The van der Waals surface area contributed by atoms with Crippen molar-refractivity contribution in [3.05, 3.63) is 69.6 Å². The number of aromatic hydroxyl groups is 1. The van der Waals surface area contributed by atoms with Gasteiger partial charge in [-0.25, -0.2) is 4.98 Å². The van der Waals surface area contributed by atoms with Gasteiger partial charge in [-0.3, -0.25) is 9.36 Å². The van der Waals surface area contributed by atoms with Gasteiger partial charge < -0.3 is 5.11 Å². The van der Waals surface area contributed by atoms with E-state index in [9.17, 15) is 23.1 Å². The Balaban J connectivity index is 2.07. The Labute approximate surface area is 139 Å². The number of aromatic nitrogens is 2. The zero-order valence-corrected chi connectivity index (χ0v) is 12.6. The number of pyridine rings is 2. The molecule has 126 valence electrons. The summed E-state index contributed by atoms with van der Waals surface area (Å²) in [5.74, 6) is -0.312. The third-order valence-corrected chi connectivity index (χ3v) is 3.68. The molecule has 1 aromatic carbocycles. The highest BCUT2D eigenvalue weighted by atomic mass is 19.4. The molecule has 0 bridgehead atoms. The molecule has 3 rings (SSSR count). The average molecular weight is 345 g/mol. The van der Waals surface area contributed by atoms with E-state index in [0.717, 1.165) is 18.2 Å². The van der Waals surface area contributed by atoms with Crippen LogP contribution in [-0.2, 0) is 12.7 Å². The number of benzene rings is 1. The molecular weight excluding hydrogens is 335 g/mol. The molecule has 3 aromatic rings. The van der Waals surface area contributed by atoms with Crippen molar-refractivity contribution in [2.45, 2.75) is 12.7 Å². The highest BCUT2D eigenvalue weighted by molar-refractivity contribution is 5.82. The van der Waals surface area contributed by atoms with Crippen LogP contribution in [0, 0.1) is 11.3 Å². The lowest BCUT2D eigenvalue weighted by molar-refractivity contribution is -0.137. The van der Waals surface area contributed by atoms with Crippen LogP contribution in [0.1, 0.15) is 16.7 Å². The zero-order chi connectivity index (χ0) is 18.2. The molecule has 0 aliphatic heterocycles. The summed E-state index contributed by atoms with van der Waals surface area (Å²) in [5, 5.41) is 19.0. The number of halogens is 3. The summed E-state index contributed by atoms with van der Waals surface area (Å²) in [6, 6.07) is 8.67. The lowest BCUT2D eigenvalue weighted by atomic mass is 10.1. The van der Waals surface area contributed by atoms with Gasteiger partial charge in [0.1, 0.15) is 17.5 Å². The van der Waals surface area contributed by atoms with Crippen LogP contribution in [0.15, 0.2) is 47.4 Å². The minimum atomic E-state index is -4.43. The van der Waals surface area contributed by atoms with E-state index >= 15 is 0 Å². The van der Waals surface area contributed by atoms with Crippen LogP contribution in [0.4, 0.5) is 13.2 Å². The predicted molar refractivity (Wildman–Crippen MR) is 82.9 cm³/mol. The molecular formula is C17H10F3N3O2. The highest BCUT2D eigenvalue weighted by Gasteiger charge is 2.29. The summed E-state index contributed by atoms with van der Waals surface area (Å²) < 4.78 is 39.1. The summed E-state index contributed by atoms with van der Waals surface area (Å²) in [6.45, 7) is -0.0212. The quantitative estimate of drug-likeness (QED) is 0.774. The SMILES string of the molecule is N#Cc1cnc2c(c1)c(O)cc(=O)n2Cc1ccc(C(F)(F)F)cc1. The lowest BCUT2D eigenvalue weighted by Crippen LogP contribution is -2.21. The molecule has 1 N–H and O–H groups in total. The minimum Gasteiger partial charge on any atom is -0.507 e. The fourth-order valence-electron chi connectivity index (χ4n) is 2.43. The van der Waals surface area contributed by atoms with Gasteiger partial charge >= 0.3 is 6.18 Å². The Hall–Kier alpha value is -3.34. The molecule has 0 spiro atoms. The maximum atomic E-state index is 12.6. The van der Waals surface area contributed by atoms with Crippen molar-refractivity contribution in [1.82, 2.24) is 9.55 Å². The van der Waals surface area contributed by atoms with Gasteiger partial charge in [-0.2, -0.15) is 18.4 Å². The number of hydrogen-bond acceptors (Lipinski definition) is 4. The maximum absolute atomic E-state index is 12.6. The topological polar surface area (TPSA) is 78.9 Å². The van der Waals surface area contributed by atoms with Crippen molar-refractivity contribution < 1.29 is 18.3 Å². The molecule has 2 aromatic heterocycles. The van der Waals surface area contributed by atoms with Crippen LogP contribution in [0.5, 0.6) is 5.75 Å². The molecule has 0 saturated carbocycles. The van der Waals surface area contributed by atoms with Gasteiger partial charge in [0.05, 0.1) is 23.1 Å². The van der Waals surface area contributed by atoms with Gasteiger partial charge in [-0.15, -0.1) is 0 Å². The van der Waals surface area contributed by atoms with E-state index in [4.69, 9.17) is 5.26 Å². The fourth-order valence-corrected chi connectivity index (χ4v) is 2.43. The Morgan fingerprint density at radius 2 is 1.88 bits per heavy atom. The summed E-state index contributed by atoms with van der Waals surface area (Å²) in [6.07, 6.45) is -3.18. The maximum Gasteiger partial charge on any atom is 0.416 e. The van der Waals surface area contributed by atoms with E-state index in [1.807, 2.05) is 6.07 Å². The second-order valence-corrected chi connectivity index (χ2v) is 5.36. The van der Waals surface area contributed by atoms with Gasteiger partial charge in [-0.1, -0.05) is 12.1 Å². The molecule has 0 atom stereocenters. The molecule has 25 heavy (non-hydrogen) atoms. The van der Waals surface area contributed by atoms with Crippen molar-refractivity contribution in [2.75, 3.05) is 0 Å². The van der Waals surface area contributed by atoms with Crippen LogP contribution in [0.3, 0.4) is 0 Å². The summed E-state index contributed by atoms with van der Waals surface area (Å²) >= 11 is 0. The Kier molecular flexibility index (Phi) is 3.93. The van der Waals surface area contributed by atoms with Crippen LogP contribution in [0.2, 0.25) is 0 Å². The van der Waals surface area contributed by atoms with E-state index < -0.39 is 17.3 Å². The molecule has 0 amide bonds. The Bertz CT molecular complexity index is 1050. The molecule has 5 nitrogen and oxygen atoms in total. The largest absolute Gasteiger partial charge is 0.507 e. The van der Waals surface area contributed by atoms with Gasteiger partial charge in [-0.05, 0) is 23.8 Å². The average Bonchev–Trinajstić information content (AvgIpc) is 2.58. The third kappa shape index (κ3) is 3.17. The van der Waals surface area contributed by atoms with Crippen molar-refractivity contribution in [3.63, 3.8) is 0 Å².